The third-order valence-corrected chi connectivity index (χ3v) is 18.4. The number of ether oxygens (including phenoxy) is 2. The number of nitrogens with zero attached hydrogens (tertiary/aromatic N) is 2. The second-order valence-corrected chi connectivity index (χ2v) is 21.2. The first-order chi connectivity index (χ1) is 28.2. The van der Waals surface area contributed by atoms with Crippen molar-refractivity contribution in [1.29, 1.82) is 0 Å². The van der Waals surface area contributed by atoms with Crippen molar-refractivity contribution in [3.05, 3.63) is 53.6 Å². The predicted molar refractivity (Wildman–Crippen MR) is 232 cm³/mol. The molecule has 1 aromatic carbocycles. The zero-order valence-corrected chi connectivity index (χ0v) is 36.9. The van der Waals surface area contributed by atoms with Crippen molar-refractivity contribution < 1.29 is 29.0 Å². The number of fused-ring (bicyclic) bond motifs is 7. The Morgan fingerprint density at radius 2 is 1.68 bits per heavy atom. The molecule has 0 aromatic heterocycles. The number of hydrogen-bond donors (Lipinski definition) is 2. The molecule has 2 amide bonds. The van der Waals surface area contributed by atoms with Gasteiger partial charge in [0.15, 0.2) is 0 Å². The first-order valence-corrected chi connectivity index (χ1v) is 23.3. The van der Waals surface area contributed by atoms with Crippen LogP contribution in [0.3, 0.4) is 0 Å². The largest absolute Gasteiger partial charge is 0.478 e. The van der Waals surface area contributed by atoms with Crippen LogP contribution in [-0.4, -0.2) is 98.4 Å². The number of benzene rings is 1. The van der Waals surface area contributed by atoms with E-state index in [0.29, 0.717) is 49.5 Å². The summed E-state index contributed by atoms with van der Waals surface area (Å²) in [4.78, 5) is 43.1. The molecule has 7 aliphatic rings. The van der Waals surface area contributed by atoms with Gasteiger partial charge in [0, 0.05) is 45.7 Å². The van der Waals surface area contributed by atoms with Crippen molar-refractivity contribution in [2.24, 2.45) is 56.7 Å². The minimum Gasteiger partial charge on any atom is -0.478 e. The molecule has 0 radical (unpaired) electrons. The maximum Gasteiger partial charge on any atom is 0.335 e. The summed E-state index contributed by atoms with van der Waals surface area (Å²) in [5.74, 6) is 1.62. The zero-order chi connectivity index (χ0) is 41.8. The molecule has 1 aromatic rings. The third kappa shape index (κ3) is 7.24. The summed E-state index contributed by atoms with van der Waals surface area (Å²) in [7, 11) is 0. The molecule has 9 heteroatoms. The van der Waals surface area contributed by atoms with Crippen LogP contribution >= 0.6 is 0 Å². The lowest BCUT2D eigenvalue weighted by Crippen LogP contribution is -2.66. The molecule has 9 nitrogen and oxygen atoms in total. The molecule has 59 heavy (non-hydrogen) atoms. The number of hydrogen-bond acceptors (Lipinski definition) is 6. The summed E-state index contributed by atoms with van der Waals surface area (Å²) in [6.45, 7) is 25.3. The Balaban J connectivity index is 1.04. The van der Waals surface area contributed by atoms with Crippen LogP contribution < -0.4 is 5.32 Å². The van der Waals surface area contributed by atoms with Crippen molar-refractivity contribution in [2.45, 2.75) is 112 Å². The quantitative estimate of drug-likeness (QED) is 0.152. The standard InChI is InChI=1S/C50H73N3O6/c1-34(33-59-32-29-52-27-30-58-31-28-52)37-16-21-50(45(57)51-24-8-26-53-25-7-9-42(53)54)23-22-48(5)39(43(37)50)14-15-41-47(4)19-17-38(35-10-12-36(13-11-35)44(55)56)46(2,3)40(47)18-20-49(41,48)6/h10-13,17,37,39-41,43H,1,7-9,14-16,18-33H2,2-6H3,(H,51,57)(H,55,56). The number of rotatable bonds is 13. The van der Waals surface area contributed by atoms with Crippen LogP contribution in [0.25, 0.3) is 5.57 Å². The van der Waals surface area contributed by atoms with Gasteiger partial charge in [-0.15, -0.1) is 0 Å². The predicted octanol–water partition coefficient (Wildman–Crippen LogP) is 8.49. The lowest BCUT2D eigenvalue weighted by Gasteiger charge is -2.72. The average molecular weight is 812 g/mol. The minimum absolute atomic E-state index is 0.0469. The van der Waals surface area contributed by atoms with Crippen LogP contribution in [0.1, 0.15) is 128 Å². The Hall–Kier alpha value is -3.01. The van der Waals surface area contributed by atoms with Gasteiger partial charge in [0.05, 0.1) is 37.4 Å². The Bertz CT molecular complexity index is 1800. The highest BCUT2D eigenvalue weighted by Gasteiger charge is 2.71. The van der Waals surface area contributed by atoms with Gasteiger partial charge in [-0.1, -0.05) is 59.4 Å². The number of carbonyl (C=O) groups excluding carboxylic acids is 2. The summed E-state index contributed by atoms with van der Waals surface area (Å²) in [6, 6.07) is 7.54. The van der Waals surface area contributed by atoms with Gasteiger partial charge in [0.2, 0.25) is 11.8 Å². The Kier molecular flexibility index (Phi) is 11.8. The molecular weight excluding hydrogens is 739 g/mol. The number of carboxylic acids is 1. The molecule has 5 aliphatic carbocycles. The second-order valence-electron chi connectivity index (χ2n) is 21.2. The van der Waals surface area contributed by atoms with Gasteiger partial charge < -0.3 is 24.8 Å². The molecule has 2 aliphatic heterocycles. The summed E-state index contributed by atoms with van der Waals surface area (Å²) in [5, 5.41) is 13.0. The van der Waals surface area contributed by atoms with Crippen molar-refractivity contribution in [3.8, 4) is 0 Å². The van der Waals surface area contributed by atoms with Gasteiger partial charge in [-0.25, -0.2) is 4.79 Å². The Labute approximate surface area is 354 Å². The van der Waals surface area contributed by atoms with E-state index in [1.165, 1.54) is 30.4 Å². The normalized spacial score (nSPS) is 37.8. The van der Waals surface area contributed by atoms with Crippen LogP contribution in [0.2, 0.25) is 0 Å². The van der Waals surface area contributed by atoms with Gasteiger partial charge in [-0.2, -0.15) is 0 Å². The number of nitrogens with one attached hydrogen (secondary N) is 1. The first kappa shape index (κ1) is 42.7. The van der Waals surface area contributed by atoms with E-state index in [0.717, 1.165) is 103 Å². The summed E-state index contributed by atoms with van der Waals surface area (Å²) < 4.78 is 11.9. The average Bonchev–Trinajstić information content (AvgIpc) is 3.82. The van der Waals surface area contributed by atoms with Gasteiger partial charge in [-0.05, 0) is 151 Å². The van der Waals surface area contributed by atoms with E-state index >= 15 is 0 Å². The molecule has 2 saturated heterocycles. The Morgan fingerprint density at radius 1 is 0.915 bits per heavy atom. The molecule has 2 heterocycles. The maximum absolute atomic E-state index is 14.8. The fourth-order valence-electron chi connectivity index (χ4n) is 15.2. The fourth-order valence-corrected chi connectivity index (χ4v) is 15.2. The SMILES string of the molecule is C=C(COCCN1CCOCC1)C1CCC2(C(=O)NCCCN3CCCC3=O)CCC3(C)C(CCC4C5(C)CC=C(c6ccc(C(=O)O)cc6)C(C)(C)C5CCC43C)C12. The topological polar surface area (TPSA) is 108 Å². The van der Waals surface area contributed by atoms with Crippen LogP contribution in [0.5, 0.6) is 0 Å². The lowest BCUT2D eigenvalue weighted by atomic mass is 9.32. The number of morpholine rings is 1. The van der Waals surface area contributed by atoms with Gasteiger partial charge >= 0.3 is 5.97 Å². The van der Waals surface area contributed by atoms with Crippen LogP contribution in [0.4, 0.5) is 0 Å². The summed E-state index contributed by atoms with van der Waals surface area (Å²) in [5.41, 5.74) is 3.94. The monoisotopic (exact) mass is 812 g/mol. The van der Waals surface area contributed by atoms with E-state index in [2.05, 4.69) is 50.9 Å². The highest BCUT2D eigenvalue weighted by atomic mass is 16.5. The molecule has 6 fully saturated rings. The second kappa shape index (κ2) is 16.4. The number of carboxylic acid groups (broad SMARTS) is 1. The van der Waals surface area contributed by atoms with E-state index in [-0.39, 0.29) is 45.3 Å². The molecule has 324 valence electrons. The smallest absolute Gasteiger partial charge is 0.335 e. The van der Waals surface area contributed by atoms with Gasteiger partial charge in [0.1, 0.15) is 0 Å². The molecule has 9 atom stereocenters. The van der Waals surface area contributed by atoms with Crippen LogP contribution in [0.15, 0.2) is 42.5 Å². The number of carbonyl (C=O) groups is 3. The van der Waals surface area contributed by atoms with Gasteiger partial charge in [0.25, 0.3) is 0 Å². The van der Waals surface area contributed by atoms with Crippen molar-refractivity contribution in [2.75, 3.05) is 65.7 Å². The van der Waals surface area contributed by atoms with Crippen molar-refractivity contribution in [3.63, 3.8) is 0 Å². The number of likely N-dealkylation sites (tertiary alicyclic amines) is 1. The first-order valence-electron chi connectivity index (χ1n) is 23.3. The van der Waals surface area contributed by atoms with E-state index in [1.54, 1.807) is 12.1 Å². The molecule has 0 bridgehead atoms. The molecule has 0 spiro atoms. The van der Waals surface area contributed by atoms with E-state index < -0.39 is 11.4 Å². The van der Waals surface area contributed by atoms with E-state index in [9.17, 15) is 19.5 Å². The maximum atomic E-state index is 14.8. The summed E-state index contributed by atoms with van der Waals surface area (Å²) >= 11 is 0. The van der Waals surface area contributed by atoms with Crippen molar-refractivity contribution in [1.82, 2.24) is 15.1 Å². The van der Waals surface area contributed by atoms with Gasteiger partial charge in [-0.3, -0.25) is 14.5 Å². The minimum atomic E-state index is -0.884. The molecule has 9 unspecified atom stereocenters. The molecule has 8 rings (SSSR count). The lowest BCUT2D eigenvalue weighted by molar-refractivity contribution is -0.225. The fraction of sp³-hybridized carbons (Fsp3) is 0.740. The summed E-state index contributed by atoms with van der Waals surface area (Å²) in [6.07, 6.45) is 14.5. The van der Waals surface area contributed by atoms with Crippen LogP contribution in [-0.2, 0) is 19.1 Å². The highest BCUT2D eigenvalue weighted by molar-refractivity contribution is 5.88. The Morgan fingerprint density at radius 3 is 2.39 bits per heavy atom. The third-order valence-electron chi connectivity index (χ3n) is 18.4. The number of amides is 2. The van der Waals surface area contributed by atoms with Crippen molar-refractivity contribution >= 4 is 23.4 Å². The van der Waals surface area contributed by atoms with Crippen LogP contribution in [0, 0.1) is 56.7 Å². The van der Waals surface area contributed by atoms with E-state index in [1.807, 2.05) is 17.0 Å². The van der Waals surface area contributed by atoms with E-state index in [4.69, 9.17) is 16.1 Å². The highest BCUT2D eigenvalue weighted by Crippen LogP contribution is 2.77. The number of allylic oxidation sites excluding steroid dienone is 2. The number of aromatic carboxylic acids is 1. The molecular formula is C50H73N3O6. The zero-order valence-electron chi connectivity index (χ0n) is 36.9. The molecule has 4 saturated carbocycles. The molecule has 2 N–H and O–H groups in total.